The lowest BCUT2D eigenvalue weighted by atomic mass is 10.2. The minimum absolute atomic E-state index is 0.625. The highest BCUT2D eigenvalue weighted by molar-refractivity contribution is 6.32. The summed E-state index contributed by atoms with van der Waals surface area (Å²) in [6.07, 6.45) is 0. The number of aromatic nitrogens is 1. The second-order valence-corrected chi connectivity index (χ2v) is 5.40. The third-order valence-electron chi connectivity index (χ3n) is 3.46. The number of nitrogens with zero attached hydrogens (tertiary/aromatic N) is 2. The number of rotatable bonds is 3. The minimum atomic E-state index is 0.625. The van der Waals surface area contributed by atoms with Crippen LogP contribution in [0, 0.1) is 6.92 Å². The Morgan fingerprint density at radius 1 is 1.38 bits per heavy atom. The van der Waals surface area contributed by atoms with E-state index < -0.39 is 0 Å². The maximum Gasteiger partial charge on any atom is 0.161 e. The van der Waals surface area contributed by atoms with Crippen molar-refractivity contribution in [2.75, 3.05) is 25.2 Å². The van der Waals surface area contributed by atoms with Crippen LogP contribution in [0.2, 0.25) is 5.02 Å². The monoisotopic (exact) mass is 304 g/mol. The van der Waals surface area contributed by atoms with Gasteiger partial charge in [0.15, 0.2) is 5.75 Å². The van der Waals surface area contributed by atoms with Gasteiger partial charge in [0.25, 0.3) is 0 Å². The van der Waals surface area contributed by atoms with Gasteiger partial charge in [-0.15, -0.1) is 0 Å². The maximum absolute atomic E-state index is 6.20. The molecule has 0 unspecified atom stereocenters. The quantitative estimate of drug-likeness (QED) is 0.870. The molecule has 1 aliphatic heterocycles. The van der Waals surface area contributed by atoms with Crippen LogP contribution >= 0.6 is 11.6 Å². The zero-order valence-electron chi connectivity index (χ0n) is 12.1. The van der Waals surface area contributed by atoms with Crippen LogP contribution in [0.5, 0.6) is 11.5 Å². The van der Waals surface area contributed by atoms with Gasteiger partial charge >= 0.3 is 0 Å². The van der Waals surface area contributed by atoms with Gasteiger partial charge in [-0.25, -0.2) is 0 Å². The first-order valence-electron chi connectivity index (χ1n) is 6.85. The zero-order valence-corrected chi connectivity index (χ0v) is 12.9. The van der Waals surface area contributed by atoms with Crippen LogP contribution in [-0.2, 0) is 6.54 Å². The number of halogens is 1. The van der Waals surface area contributed by atoms with Crippen molar-refractivity contribution >= 4 is 17.3 Å². The third kappa shape index (κ3) is 2.90. The van der Waals surface area contributed by atoms with Gasteiger partial charge in [0.05, 0.1) is 36.6 Å². The number of ether oxygens (including phenoxy) is 2. The van der Waals surface area contributed by atoms with Crippen molar-refractivity contribution in [3.63, 3.8) is 0 Å². The second kappa shape index (κ2) is 5.82. The van der Waals surface area contributed by atoms with Crippen LogP contribution in [-0.4, -0.2) is 25.2 Å². The zero-order chi connectivity index (χ0) is 14.8. The molecule has 3 rings (SSSR count). The van der Waals surface area contributed by atoms with Gasteiger partial charge in [-0.1, -0.05) is 17.7 Å². The average Bonchev–Trinajstić information content (AvgIpc) is 2.48. The molecule has 110 valence electrons. The van der Waals surface area contributed by atoms with Crippen molar-refractivity contribution in [2.24, 2.45) is 0 Å². The van der Waals surface area contributed by atoms with Crippen molar-refractivity contribution in [3.8, 4) is 11.5 Å². The SMILES string of the molecule is COc1cc(C)nc(CN2CCOc3c(Cl)cccc32)c1. The summed E-state index contributed by atoms with van der Waals surface area (Å²) in [5.41, 5.74) is 2.93. The van der Waals surface area contributed by atoms with E-state index in [1.54, 1.807) is 7.11 Å². The summed E-state index contributed by atoms with van der Waals surface area (Å²) in [7, 11) is 1.67. The van der Waals surface area contributed by atoms with Crippen LogP contribution in [0.3, 0.4) is 0 Å². The Morgan fingerprint density at radius 3 is 3.05 bits per heavy atom. The molecule has 0 radical (unpaired) electrons. The van der Waals surface area contributed by atoms with Gasteiger partial charge in [0, 0.05) is 17.8 Å². The van der Waals surface area contributed by atoms with Crippen LogP contribution in [0.1, 0.15) is 11.4 Å². The Bertz CT molecular complexity index is 661. The number of methoxy groups -OCH3 is 1. The van der Waals surface area contributed by atoms with E-state index in [9.17, 15) is 0 Å². The summed E-state index contributed by atoms with van der Waals surface area (Å²) < 4.78 is 11.0. The normalized spacial score (nSPS) is 13.6. The fourth-order valence-electron chi connectivity index (χ4n) is 2.53. The molecule has 21 heavy (non-hydrogen) atoms. The van der Waals surface area contributed by atoms with Gasteiger partial charge in [-0.05, 0) is 19.1 Å². The lowest BCUT2D eigenvalue weighted by molar-refractivity contribution is 0.307. The summed E-state index contributed by atoms with van der Waals surface area (Å²) in [5, 5.41) is 0.645. The highest BCUT2D eigenvalue weighted by Gasteiger charge is 2.20. The summed E-state index contributed by atoms with van der Waals surface area (Å²) in [5.74, 6) is 1.59. The van der Waals surface area contributed by atoms with Crippen molar-refractivity contribution in [1.82, 2.24) is 4.98 Å². The van der Waals surface area contributed by atoms with Crippen molar-refractivity contribution < 1.29 is 9.47 Å². The molecule has 0 amide bonds. The van der Waals surface area contributed by atoms with E-state index in [2.05, 4.69) is 9.88 Å². The number of para-hydroxylation sites is 1. The smallest absolute Gasteiger partial charge is 0.161 e. The van der Waals surface area contributed by atoms with E-state index in [0.717, 1.165) is 35.1 Å². The molecule has 0 aliphatic carbocycles. The number of benzene rings is 1. The molecular formula is C16H17ClN2O2. The molecule has 0 N–H and O–H groups in total. The number of hydrogen-bond acceptors (Lipinski definition) is 4. The molecule has 1 aromatic heterocycles. The third-order valence-corrected chi connectivity index (χ3v) is 3.76. The maximum atomic E-state index is 6.20. The van der Waals surface area contributed by atoms with E-state index >= 15 is 0 Å². The first kappa shape index (κ1) is 14.0. The van der Waals surface area contributed by atoms with Gasteiger partial charge in [0.1, 0.15) is 12.4 Å². The average molecular weight is 305 g/mol. The van der Waals surface area contributed by atoms with Crippen molar-refractivity contribution in [1.29, 1.82) is 0 Å². The summed E-state index contributed by atoms with van der Waals surface area (Å²) in [6.45, 7) is 4.11. The lowest BCUT2D eigenvalue weighted by Gasteiger charge is -2.31. The molecule has 4 nitrogen and oxygen atoms in total. The van der Waals surface area contributed by atoms with Crippen LogP contribution in [0.15, 0.2) is 30.3 Å². The highest BCUT2D eigenvalue weighted by Crippen LogP contribution is 2.38. The predicted octanol–water partition coefficient (Wildman–Crippen LogP) is 3.45. The number of fused-ring (bicyclic) bond motifs is 1. The van der Waals surface area contributed by atoms with Crippen LogP contribution in [0.4, 0.5) is 5.69 Å². The Morgan fingerprint density at radius 2 is 2.24 bits per heavy atom. The molecule has 0 atom stereocenters. The van der Waals surface area contributed by atoms with Gasteiger partial charge in [-0.2, -0.15) is 0 Å². The first-order chi connectivity index (χ1) is 10.2. The molecule has 0 bridgehead atoms. The molecule has 0 saturated heterocycles. The molecule has 0 fully saturated rings. The van der Waals surface area contributed by atoms with Gasteiger partial charge in [0.2, 0.25) is 0 Å². The topological polar surface area (TPSA) is 34.6 Å². The summed E-state index contributed by atoms with van der Waals surface area (Å²) in [6, 6.07) is 9.69. The Balaban J connectivity index is 1.90. The standard InChI is InChI=1S/C16H17ClN2O2/c1-11-8-13(20-2)9-12(18-11)10-19-6-7-21-16-14(17)4-3-5-15(16)19/h3-5,8-9H,6-7,10H2,1-2H3. The summed E-state index contributed by atoms with van der Waals surface area (Å²) in [4.78, 5) is 6.80. The fraction of sp³-hybridized carbons (Fsp3) is 0.312. The Kier molecular flexibility index (Phi) is 3.88. The predicted molar refractivity (Wildman–Crippen MR) is 83.5 cm³/mol. The molecular weight excluding hydrogens is 288 g/mol. The Hall–Kier alpha value is -1.94. The van der Waals surface area contributed by atoms with Crippen molar-refractivity contribution in [3.05, 3.63) is 46.7 Å². The van der Waals surface area contributed by atoms with Crippen LogP contribution in [0.25, 0.3) is 0 Å². The van der Waals surface area contributed by atoms with Gasteiger partial charge in [-0.3, -0.25) is 4.98 Å². The van der Waals surface area contributed by atoms with E-state index in [4.69, 9.17) is 21.1 Å². The lowest BCUT2D eigenvalue weighted by Crippen LogP contribution is -2.32. The van der Waals surface area contributed by atoms with Crippen molar-refractivity contribution in [2.45, 2.75) is 13.5 Å². The second-order valence-electron chi connectivity index (χ2n) is 5.00. The minimum Gasteiger partial charge on any atom is -0.497 e. The summed E-state index contributed by atoms with van der Waals surface area (Å²) >= 11 is 6.20. The number of pyridine rings is 1. The molecule has 1 aromatic carbocycles. The van der Waals surface area contributed by atoms with Gasteiger partial charge < -0.3 is 14.4 Å². The number of anilines is 1. The van der Waals surface area contributed by atoms with E-state index in [0.29, 0.717) is 18.2 Å². The molecule has 5 heteroatoms. The van der Waals surface area contributed by atoms with E-state index in [1.165, 1.54) is 0 Å². The molecule has 2 aromatic rings. The number of aryl methyl sites for hydroxylation is 1. The number of hydrogen-bond donors (Lipinski definition) is 0. The van der Waals surface area contributed by atoms with E-state index in [-0.39, 0.29) is 0 Å². The fourth-order valence-corrected chi connectivity index (χ4v) is 2.75. The first-order valence-corrected chi connectivity index (χ1v) is 7.23. The van der Waals surface area contributed by atoms with E-state index in [1.807, 2.05) is 37.3 Å². The molecule has 1 aliphatic rings. The molecule has 0 saturated carbocycles. The Labute approximate surface area is 129 Å². The highest BCUT2D eigenvalue weighted by atomic mass is 35.5. The largest absolute Gasteiger partial charge is 0.497 e. The van der Waals surface area contributed by atoms with Crippen LogP contribution < -0.4 is 14.4 Å². The molecule has 0 spiro atoms. The molecule has 2 heterocycles.